The number of rotatable bonds is 6. The Balaban J connectivity index is 1.93. The van der Waals surface area contributed by atoms with E-state index in [1.807, 2.05) is 6.92 Å². The largest absolute Gasteiger partial charge is 0.481 e. The van der Waals surface area contributed by atoms with Crippen LogP contribution in [-0.2, 0) is 4.79 Å². The van der Waals surface area contributed by atoms with Gasteiger partial charge in [0.25, 0.3) is 0 Å². The van der Waals surface area contributed by atoms with E-state index >= 15 is 0 Å². The van der Waals surface area contributed by atoms with Crippen molar-refractivity contribution in [3.63, 3.8) is 0 Å². The maximum atomic E-state index is 10.4. The summed E-state index contributed by atoms with van der Waals surface area (Å²) in [7, 11) is 0. The fraction of sp³-hybridized carbons (Fsp3) is 0.417. The molecular weight excluding hydrogens is 250 g/mol. The van der Waals surface area contributed by atoms with Crippen LogP contribution in [0.1, 0.15) is 24.8 Å². The van der Waals surface area contributed by atoms with Crippen LogP contribution in [0.2, 0.25) is 0 Å². The van der Waals surface area contributed by atoms with Crippen molar-refractivity contribution >= 4 is 33.3 Å². The number of carboxylic acid groups (broad SMARTS) is 1. The number of carbonyl (C=O) groups is 1. The van der Waals surface area contributed by atoms with Crippen molar-refractivity contribution in [3.8, 4) is 0 Å². The summed E-state index contributed by atoms with van der Waals surface area (Å²) < 4.78 is 1.06. The molecule has 0 aliphatic carbocycles. The number of aromatic nitrogens is 2. The van der Waals surface area contributed by atoms with Crippen molar-refractivity contribution in [2.75, 3.05) is 11.9 Å². The lowest BCUT2D eigenvalue weighted by molar-refractivity contribution is -0.137. The van der Waals surface area contributed by atoms with E-state index in [-0.39, 0.29) is 6.42 Å². The summed E-state index contributed by atoms with van der Waals surface area (Å²) in [6.07, 6.45) is 3.28. The van der Waals surface area contributed by atoms with Gasteiger partial charge in [0, 0.05) is 13.0 Å². The Morgan fingerprint density at radius 1 is 1.44 bits per heavy atom. The van der Waals surface area contributed by atoms with Gasteiger partial charge in [0.15, 0.2) is 0 Å². The lowest BCUT2D eigenvalue weighted by Gasteiger charge is -2.05. The van der Waals surface area contributed by atoms with Gasteiger partial charge in [-0.1, -0.05) is 0 Å². The molecule has 0 aliphatic rings. The predicted molar refractivity (Wildman–Crippen MR) is 72.1 cm³/mol. The molecule has 6 heteroatoms. The molecule has 0 fully saturated rings. The zero-order valence-corrected chi connectivity index (χ0v) is 11.0. The van der Waals surface area contributed by atoms with E-state index < -0.39 is 5.97 Å². The Labute approximate surface area is 109 Å². The minimum atomic E-state index is -0.742. The number of hydrogen-bond acceptors (Lipinski definition) is 5. The number of carboxylic acids is 1. The van der Waals surface area contributed by atoms with Gasteiger partial charge in [-0.15, -0.1) is 11.3 Å². The summed E-state index contributed by atoms with van der Waals surface area (Å²) in [6, 6.07) is 0. The molecule has 0 atom stereocenters. The minimum absolute atomic E-state index is 0.221. The number of aliphatic carboxylic acids is 1. The highest BCUT2D eigenvalue weighted by atomic mass is 32.1. The summed E-state index contributed by atoms with van der Waals surface area (Å²) in [5.74, 6) is 0.0988. The van der Waals surface area contributed by atoms with Crippen molar-refractivity contribution < 1.29 is 9.90 Å². The average Bonchev–Trinajstić information content (AvgIpc) is 2.71. The van der Waals surface area contributed by atoms with Gasteiger partial charge in [-0.3, -0.25) is 4.79 Å². The second-order valence-electron chi connectivity index (χ2n) is 4.10. The molecule has 0 unspecified atom stereocenters. The second kappa shape index (κ2) is 5.77. The fourth-order valence-electron chi connectivity index (χ4n) is 1.70. The minimum Gasteiger partial charge on any atom is -0.481 e. The van der Waals surface area contributed by atoms with Gasteiger partial charge in [0.05, 0.1) is 10.2 Å². The molecule has 0 aliphatic heterocycles. The highest BCUT2D eigenvalue weighted by molar-refractivity contribution is 7.18. The maximum Gasteiger partial charge on any atom is 0.303 e. The lowest BCUT2D eigenvalue weighted by Crippen LogP contribution is -2.05. The summed E-state index contributed by atoms with van der Waals surface area (Å²) >= 11 is 1.63. The average molecular weight is 265 g/mol. The molecule has 0 bridgehead atoms. The standard InChI is InChI=1S/C12H15N3O2S/c1-8-6-18-11-10(8)14-7-15-12(11)13-5-3-2-4-9(16)17/h6-7H,2-5H2,1H3,(H,16,17)(H,13,14,15). The van der Waals surface area contributed by atoms with Crippen LogP contribution in [0.3, 0.4) is 0 Å². The monoisotopic (exact) mass is 265 g/mol. The fourth-order valence-corrected chi connectivity index (χ4v) is 2.67. The molecule has 0 saturated carbocycles. The summed E-state index contributed by atoms with van der Waals surface area (Å²) in [5.41, 5.74) is 2.15. The Morgan fingerprint density at radius 2 is 2.28 bits per heavy atom. The predicted octanol–water partition coefficient (Wildman–Crippen LogP) is 2.67. The molecule has 5 nitrogen and oxygen atoms in total. The first-order valence-electron chi connectivity index (χ1n) is 5.83. The van der Waals surface area contributed by atoms with E-state index in [0.717, 1.165) is 34.6 Å². The highest BCUT2D eigenvalue weighted by Gasteiger charge is 2.07. The first kappa shape index (κ1) is 12.8. The van der Waals surface area contributed by atoms with Crippen LogP contribution in [0.15, 0.2) is 11.7 Å². The Morgan fingerprint density at radius 3 is 3.06 bits per heavy atom. The van der Waals surface area contributed by atoms with Crippen LogP contribution in [0.4, 0.5) is 5.82 Å². The molecule has 2 N–H and O–H groups in total. The quantitative estimate of drug-likeness (QED) is 0.785. The van der Waals surface area contributed by atoms with Gasteiger partial charge >= 0.3 is 5.97 Å². The molecule has 2 aromatic rings. The van der Waals surface area contributed by atoms with Crippen LogP contribution in [0, 0.1) is 6.92 Å². The molecule has 0 radical (unpaired) electrons. The van der Waals surface area contributed by atoms with Gasteiger partial charge in [0.1, 0.15) is 12.1 Å². The third kappa shape index (κ3) is 2.95. The molecule has 2 rings (SSSR count). The molecule has 0 amide bonds. The smallest absolute Gasteiger partial charge is 0.303 e. The number of nitrogens with one attached hydrogen (secondary N) is 1. The molecular formula is C12H15N3O2S. The van der Waals surface area contributed by atoms with Gasteiger partial charge in [-0.2, -0.15) is 0 Å². The number of thiophene rings is 1. The van der Waals surface area contributed by atoms with Crippen LogP contribution in [0.5, 0.6) is 0 Å². The highest BCUT2D eigenvalue weighted by Crippen LogP contribution is 2.28. The van der Waals surface area contributed by atoms with Gasteiger partial charge in [0.2, 0.25) is 0 Å². The summed E-state index contributed by atoms with van der Waals surface area (Å²) in [6.45, 7) is 2.76. The molecule has 0 aromatic carbocycles. The second-order valence-corrected chi connectivity index (χ2v) is 4.98. The third-order valence-electron chi connectivity index (χ3n) is 2.64. The van der Waals surface area contributed by atoms with E-state index in [1.54, 1.807) is 17.7 Å². The first-order chi connectivity index (χ1) is 8.68. The zero-order chi connectivity index (χ0) is 13.0. The number of anilines is 1. The van der Waals surface area contributed by atoms with Gasteiger partial charge < -0.3 is 10.4 Å². The number of fused-ring (bicyclic) bond motifs is 1. The van der Waals surface area contributed by atoms with Crippen molar-refractivity contribution in [2.45, 2.75) is 26.2 Å². The van der Waals surface area contributed by atoms with Crippen LogP contribution < -0.4 is 5.32 Å². The van der Waals surface area contributed by atoms with E-state index in [0.29, 0.717) is 6.42 Å². The third-order valence-corrected chi connectivity index (χ3v) is 3.73. The number of unbranched alkanes of at least 4 members (excludes halogenated alkanes) is 1. The summed E-state index contributed by atoms with van der Waals surface area (Å²) in [5, 5.41) is 13.8. The van der Waals surface area contributed by atoms with Crippen molar-refractivity contribution in [3.05, 3.63) is 17.3 Å². The van der Waals surface area contributed by atoms with Gasteiger partial charge in [-0.25, -0.2) is 9.97 Å². The van der Waals surface area contributed by atoms with E-state index in [1.165, 1.54) is 0 Å². The van der Waals surface area contributed by atoms with Crippen molar-refractivity contribution in [1.29, 1.82) is 0 Å². The van der Waals surface area contributed by atoms with Crippen LogP contribution in [-0.4, -0.2) is 27.6 Å². The van der Waals surface area contributed by atoms with E-state index in [9.17, 15) is 4.79 Å². The zero-order valence-electron chi connectivity index (χ0n) is 10.1. The SMILES string of the molecule is Cc1csc2c(NCCCCC(=O)O)ncnc12. The molecule has 2 aromatic heterocycles. The maximum absolute atomic E-state index is 10.4. The number of aryl methyl sites for hydroxylation is 1. The van der Waals surface area contributed by atoms with E-state index in [4.69, 9.17) is 5.11 Å². The molecule has 2 heterocycles. The molecule has 0 saturated heterocycles. The Hall–Kier alpha value is -1.69. The Bertz CT molecular complexity index is 553. The van der Waals surface area contributed by atoms with Crippen molar-refractivity contribution in [2.24, 2.45) is 0 Å². The molecule has 96 valence electrons. The lowest BCUT2D eigenvalue weighted by atomic mass is 10.2. The van der Waals surface area contributed by atoms with Crippen LogP contribution >= 0.6 is 11.3 Å². The summed E-state index contributed by atoms with van der Waals surface area (Å²) in [4.78, 5) is 18.8. The molecule has 18 heavy (non-hydrogen) atoms. The van der Waals surface area contributed by atoms with Gasteiger partial charge in [-0.05, 0) is 30.7 Å². The normalized spacial score (nSPS) is 10.7. The Kier molecular flexibility index (Phi) is 4.09. The number of nitrogens with zero attached hydrogens (tertiary/aromatic N) is 2. The topological polar surface area (TPSA) is 75.1 Å². The first-order valence-corrected chi connectivity index (χ1v) is 6.71. The van der Waals surface area contributed by atoms with Crippen molar-refractivity contribution in [1.82, 2.24) is 9.97 Å². The van der Waals surface area contributed by atoms with E-state index in [2.05, 4.69) is 20.7 Å². The number of hydrogen-bond donors (Lipinski definition) is 2. The van der Waals surface area contributed by atoms with Crippen LogP contribution in [0.25, 0.3) is 10.2 Å². The molecule has 0 spiro atoms.